The van der Waals surface area contributed by atoms with Gasteiger partial charge in [0.05, 0.1) is 11.4 Å². The zero-order valence-electron chi connectivity index (χ0n) is 15.3. The van der Waals surface area contributed by atoms with Crippen LogP contribution < -0.4 is 4.90 Å². The van der Waals surface area contributed by atoms with Gasteiger partial charge in [-0.15, -0.1) is 6.58 Å². The molecular weight excluding hydrogens is 364 g/mol. The van der Waals surface area contributed by atoms with E-state index in [-0.39, 0.29) is 29.7 Å². The molecule has 0 bridgehead atoms. The zero-order chi connectivity index (χ0) is 20.0. The van der Waals surface area contributed by atoms with E-state index >= 15 is 0 Å². The van der Waals surface area contributed by atoms with E-state index in [1.807, 2.05) is 6.07 Å². The number of anilines is 1. The lowest BCUT2D eigenvalue weighted by Crippen LogP contribution is -2.41. The van der Waals surface area contributed by atoms with E-state index in [1.165, 1.54) is 43.1 Å². The van der Waals surface area contributed by atoms with Gasteiger partial charge < -0.3 is 4.90 Å². The van der Waals surface area contributed by atoms with Gasteiger partial charge in [-0.3, -0.25) is 9.59 Å². The molecular formula is C20H22N2O4S. The van der Waals surface area contributed by atoms with Crippen LogP contribution in [0.5, 0.6) is 0 Å². The maximum atomic E-state index is 12.7. The van der Waals surface area contributed by atoms with Crippen molar-refractivity contribution in [3.63, 3.8) is 0 Å². The summed E-state index contributed by atoms with van der Waals surface area (Å²) < 4.78 is 26.4. The van der Waals surface area contributed by atoms with E-state index in [9.17, 15) is 18.0 Å². The smallest absolute Gasteiger partial charge is 0.243 e. The molecule has 0 radical (unpaired) electrons. The molecule has 6 nitrogen and oxygen atoms in total. The molecule has 1 amide bonds. The zero-order valence-corrected chi connectivity index (χ0v) is 16.1. The van der Waals surface area contributed by atoms with E-state index in [4.69, 9.17) is 0 Å². The van der Waals surface area contributed by atoms with E-state index in [0.29, 0.717) is 11.3 Å². The molecule has 7 heteroatoms. The molecule has 0 saturated carbocycles. The number of nitrogens with zero attached hydrogens (tertiary/aromatic N) is 2. The topological polar surface area (TPSA) is 74.8 Å². The average Bonchev–Trinajstić information content (AvgIpc) is 2.66. The predicted octanol–water partition coefficient (Wildman–Crippen LogP) is 2.73. The summed E-state index contributed by atoms with van der Waals surface area (Å²) in [5.74, 6) is -0.516. The summed E-state index contributed by atoms with van der Waals surface area (Å²) >= 11 is 0. The third-order valence-corrected chi connectivity index (χ3v) is 5.83. The molecule has 0 aliphatic rings. The monoisotopic (exact) mass is 386 g/mol. The summed E-state index contributed by atoms with van der Waals surface area (Å²) in [6.07, 6.45) is 1.58. The Balaban J connectivity index is 2.20. The second kappa shape index (κ2) is 8.75. The quantitative estimate of drug-likeness (QED) is 0.516. The number of hydrogen-bond donors (Lipinski definition) is 0. The van der Waals surface area contributed by atoms with E-state index in [0.717, 1.165) is 4.31 Å². The van der Waals surface area contributed by atoms with E-state index in [1.54, 1.807) is 30.3 Å². The SMILES string of the molecule is C=CCN(C(=O)CN(C)S(=O)(=O)c1ccc(C(C)=O)cc1)c1ccccc1. The Morgan fingerprint density at radius 3 is 2.15 bits per heavy atom. The van der Waals surface area contributed by atoms with Gasteiger partial charge in [-0.25, -0.2) is 8.42 Å². The van der Waals surface area contributed by atoms with Crippen LogP contribution in [0.25, 0.3) is 0 Å². The van der Waals surface area contributed by atoms with Crippen LogP contribution in [-0.2, 0) is 14.8 Å². The van der Waals surface area contributed by atoms with Crippen molar-refractivity contribution in [1.82, 2.24) is 4.31 Å². The summed E-state index contributed by atoms with van der Waals surface area (Å²) in [5.41, 5.74) is 1.09. The standard InChI is InChI=1S/C20H22N2O4S/c1-4-14-22(18-8-6-5-7-9-18)20(24)15-21(3)27(25,26)19-12-10-17(11-13-19)16(2)23/h4-13H,1,14-15H2,2-3H3. The number of benzene rings is 2. The van der Waals surface area contributed by atoms with Crippen LogP contribution in [0.3, 0.4) is 0 Å². The lowest BCUT2D eigenvalue weighted by Gasteiger charge is -2.24. The molecule has 2 rings (SSSR count). The second-order valence-corrected chi connectivity index (χ2v) is 8.02. The Morgan fingerprint density at radius 1 is 1.04 bits per heavy atom. The van der Waals surface area contributed by atoms with Gasteiger partial charge >= 0.3 is 0 Å². The van der Waals surface area contributed by atoms with Crippen LogP contribution in [0, 0.1) is 0 Å². The molecule has 142 valence electrons. The maximum Gasteiger partial charge on any atom is 0.243 e. The molecule has 0 spiro atoms. The molecule has 0 N–H and O–H groups in total. The number of carbonyl (C=O) groups is 2. The molecule has 0 fully saturated rings. The minimum Gasteiger partial charge on any atom is -0.307 e. The Hall–Kier alpha value is -2.77. The lowest BCUT2D eigenvalue weighted by molar-refractivity contribution is -0.118. The highest BCUT2D eigenvalue weighted by Gasteiger charge is 2.25. The Bertz CT molecular complexity index is 922. The first-order valence-corrected chi connectivity index (χ1v) is 9.75. The van der Waals surface area contributed by atoms with Crippen molar-refractivity contribution in [2.24, 2.45) is 0 Å². The molecule has 0 aliphatic carbocycles. The molecule has 0 heterocycles. The summed E-state index contributed by atoms with van der Waals surface area (Å²) in [4.78, 5) is 25.5. The highest BCUT2D eigenvalue weighted by molar-refractivity contribution is 7.89. The average molecular weight is 386 g/mol. The van der Waals surface area contributed by atoms with Crippen LogP contribution in [0.15, 0.2) is 72.1 Å². The minimum absolute atomic E-state index is 0.0257. The van der Waals surface area contributed by atoms with Crippen molar-refractivity contribution in [3.8, 4) is 0 Å². The van der Waals surface area contributed by atoms with Crippen LogP contribution >= 0.6 is 0 Å². The number of para-hydroxylation sites is 1. The van der Waals surface area contributed by atoms with Crippen molar-refractivity contribution >= 4 is 27.4 Å². The number of ketones is 1. The third-order valence-electron chi connectivity index (χ3n) is 4.01. The first-order chi connectivity index (χ1) is 12.8. The Morgan fingerprint density at radius 2 is 1.63 bits per heavy atom. The van der Waals surface area contributed by atoms with Gasteiger partial charge in [0.15, 0.2) is 5.78 Å². The number of Topliss-reactive ketones (excluding diaryl/α,β-unsaturated/α-hetero) is 1. The van der Waals surface area contributed by atoms with Gasteiger partial charge in [0, 0.05) is 24.8 Å². The van der Waals surface area contributed by atoms with Gasteiger partial charge in [0.25, 0.3) is 0 Å². The van der Waals surface area contributed by atoms with Crippen LogP contribution in [-0.4, -0.2) is 44.6 Å². The highest BCUT2D eigenvalue weighted by atomic mass is 32.2. The van der Waals surface area contributed by atoms with E-state index in [2.05, 4.69) is 6.58 Å². The summed E-state index contributed by atoms with van der Waals surface area (Å²) in [6, 6.07) is 14.6. The molecule has 27 heavy (non-hydrogen) atoms. The van der Waals surface area contributed by atoms with Crippen LogP contribution in [0.2, 0.25) is 0 Å². The van der Waals surface area contributed by atoms with Gasteiger partial charge in [0.2, 0.25) is 15.9 Å². The number of amides is 1. The second-order valence-electron chi connectivity index (χ2n) is 5.97. The molecule has 0 atom stereocenters. The molecule has 0 aromatic heterocycles. The van der Waals surface area contributed by atoms with Crippen LogP contribution in [0.4, 0.5) is 5.69 Å². The molecule has 0 unspecified atom stereocenters. The Kier molecular flexibility index (Phi) is 6.65. The number of carbonyl (C=O) groups excluding carboxylic acids is 2. The van der Waals surface area contributed by atoms with Gasteiger partial charge in [0.1, 0.15) is 0 Å². The van der Waals surface area contributed by atoms with Crippen molar-refractivity contribution in [2.45, 2.75) is 11.8 Å². The minimum atomic E-state index is -3.86. The highest BCUT2D eigenvalue weighted by Crippen LogP contribution is 2.18. The predicted molar refractivity (Wildman–Crippen MR) is 105 cm³/mol. The number of rotatable bonds is 8. The first-order valence-electron chi connectivity index (χ1n) is 8.31. The van der Waals surface area contributed by atoms with Crippen molar-refractivity contribution in [3.05, 3.63) is 72.8 Å². The molecule has 2 aromatic carbocycles. The summed E-state index contributed by atoms with van der Waals surface area (Å²) in [6.45, 7) is 5.01. The summed E-state index contributed by atoms with van der Waals surface area (Å²) in [7, 11) is -2.51. The number of sulfonamides is 1. The van der Waals surface area contributed by atoms with Gasteiger partial charge in [-0.2, -0.15) is 4.31 Å². The molecule has 2 aromatic rings. The maximum absolute atomic E-state index is 12.7. The van der Waals surface area contributed by atoms with Crippen molar-refractivity contribution < 1.29 is 18.0 Å². The van der Waals surface area contributed by atoms with Crippen molar-refractivity contribution in [1.29, 1.82) is 0 Å². The van der Waals surface area contributed by atoms with Crippen LogP contribution in [0.1, 0.15) is 17.3 Å². The number of likely N-dealkylation sites (N-methyl/N-ethyl adjacent to an activating group) is 1. The largest absolute Gasteiger partial charge is 0.307 e. The van der Waals surface area contributed by atoms with E-state index < -0.39 is 10.0 Å². The fourth-order valence-electron chi connectivity index (χ4n) is 2.49. The fourth-order valence-corrected chi connectivity index (χ4v) is 3.61. The number of hydrogen-bond acceptors (Lipinski definition) is 4. The fraction of sp³-hybridized carbons (Fsp3) is 0.200. The molecule has 0 aliphatic heterocycles. The normalized spacial score (nSPS) is 11.2. The van der Waals surface area contributed by atoms with Gasteiger partial charge in [-0.05, 0) is 31.2 Å². The molecule has 0 saturated heterocycles. The van der Waals surface area contributed by atoms with Gasteiger partial charge in [-0.1, -0.05) is 36.4 Å². The Labute approximate surface area is 159 Å². The lowest BCUT2D eigenvalue weighted by atomic mass is 10.2. The third kappa shape index (κ3) is 4.90. The first kappa shape index (κ1) is 20.5. The van der Waals surface area contributed by atoms with Crippen molar-refractivity contribution in [2.75, 3.05) is 25.0 Å². The summed E-state index contributed by atoms with van der Waals surface area (Å²) in [5, 5.41) is 0.